The summed E-state index contributed by atoms with van der Waals surface area (Å²) in [6.07, 6.45) is 0. The highest BCUT2D eigenvalue weighted by Gasteiger charge is 2.10. The van der Waals surface area contributed by atoms with Gasteiger partial charge in [0.15, 0.2) is 0 Å². The largest absolute Gasteiger partial charge is 0.326 e. The van der Waals surface area contributed by atoms with E-state index in [4.69, 9.17) is 11.6 Å². The Morgan fingerprint density at radius 1 is 0.955 bits per heavy atom. The number of amides is 3. The fourth-order valence-corrected chi connectivity index (χ4v) is 1.94. The summed E-state index contributed by atoms with van der Waals surface area (Å²) in [6, 6.07) is 9.97. The van der Waals surface area contributed by atoms with Gasteiger partial charge in [0.25, 0.3) is 0 Å². The molecule has 0 aliphatic heterocycles. The second-order valence-corrected chi connectivity index (χ2v) is 4.84. The van der Waals surface area contributed by atoms with Gasteiger partial charge in [0.05, 0.1) is 10.7 Å². The third kappa shape index (κ3) is 4.20. The topological polar surface area (TPSA) is 70.2 Å². The molecule has 3 amide bonds. The van der Waals surface area contributed by atoms with Crippen LogP contribution in [-0.2, 0) is 4.79 Å². The van der Waals surface area contributed by atoms with Gasteiger partial charge in [0, 0.05) is 18.3 Å². The number of hydrogen-bond donors (Lipinski definition) is 3. The standard InChI is InChI=1S/C15H13ClFN3O2/c1-9(21)18-10-5-7-11(8-6-10)19-15(22)20-14-12(16)3-2-4-13(14)17/h2-8H,1H3,(H,18,21)(H2,19,20,22). The van der Waals surface area contributed by atoms with E-state index in [-0.39, 0.29) is 16.6 Å². The predicted octanol–water partition coefficient (Wildman–Crippen LogP) is 4.08. The van der Waals surface area contributed by atoms with Crippen molar-refractivity contribution in [1.29, 1.82) is 0 Å². The van der Waals surface area contributed by atoms with Crippen molar-refractivity contribution >= 4 is 40.6 Å². The van der Waals surface area contributed by atoms with Crippen molar-refractivity contribution in [2.75, 3.05) is 16.0 Å². The molecule has 22 heavy (non-hydrogen) atoms. The molecule has 0 unspecified atom stereocenters. The van der Waals surface area contributed by atoms with E-state index in [0.29, 0.717) is 11.4 Å². The van der Waals surface area contributed by atoms with Gasteiger partial charge in [0.1, 0.15) is 5.82 Å². The van der Waals surface area contributed by atoms with Crippen molar-refractivity contribution in [3.63, 3.8) is 0 Å². The van der Waals surface area contributed by atoms with Gasteiger partial charge in [-0.2, -0.15) is 0 Å². The summed E-state index contributed by atoms with van der Waals surface area (Å²) in [4.78, 5) is 22.7. The summed E-state index contributed by atoms with van der Waals surface area (Å²) < 4.78 is 13.6. The van der Waals surface area contributed by atoms with Crippen LogP contribution >= 0.6 is 11.6 Å². The number of halogens is 2. The van der Waals surface area contributed by atoms with Crippen molar-refractivity contribution in [3.05, 3.63) is 53.3 Å². The third-order valence-corrected chi connectivity index (χ3v) is 2.98. The number of hydrogen-bond acceptors (Lipinski definition) is 2. The van der Waals surface area contributed by atoms with E-state index >= 15 is 0 Å². The first kappa shape index (κ1) is 15.8. The molecule has 114 valence electrons. The van der Waals surface area contributed by atoms with Gasteiger partial charge in [-0.3, -0.25) is 4.79 Å². The molecule has 0 spiro atoms. The molecule has 2 aromatic carbocycles. The zero-order valence-corrected chi connectivity index (χ0v) is 12.4. The molecule has 0 fully saturated rings. The Labute approximate surface area is 131 Å². The van der Waals surface area contributed by atoms with Crippen LogP contribution in [0.5, 0.6) is 0 Å². The number of urea groups is 1. The molecule has 0 aliphatic carbocycles. The molecule has 0 aliphatic rings. The van der Waals surface area contributed by atoms with Gasteiger partial charge in [-0.05, 0) is 36.4 Å². The van der Waals surface area contributed by atoms with Crippen LogP contribution in [-0.4, -0.2) is 11.9 Å². The minimum absolute atomic E-state index is 0.0865. The lowest BCUT2D eigenvalue weighted by Gasteiger charge is -2.10. The fourth-order valence-electron chi connectivity index (χ4n) is 1.73. The zero-order valence-electron chi connectivity index (χ0n) is 11.6. The fraction of sp³-hybridized carbons (Fsp3) is 0.0667. The normalized spacial score (nSPS) is 9.95. The molecule has 2 rings (SSSR count). The van der Waals surface area contributed by atoms with Crippen LogP contribution in [0.1, 0.15) is 6.92 Å². The Morgan fingerprint density at radius 3 is 2.09 bits per heavy atom. The maximum absolute atomic E-state index is 13.6. The Balaban J connectivity index is 2.01. The molecule has 2 aromatic rings. The van der Waals surface area contributed by atoms with Crippen LogP contribution in [0.4, 0.5) is 26.2 Å². The molecular weight excluding hydrogens is 309 g/mol. The highest BCUT2D eigenvalue weighted by molar-refractivity contribution is 6.33. The Kier molecular flexibility index (Phi) is 4.95. The monoisotopic (exact) mass is 321 g/mol. The van der Waals surface area contributed by atoms with Crippen molar-refractivity contribution < 1.29 is 14.0 Å². The molecule has 0 radical (unpaired) electrons. The quantitative estimate of drug-likeness (QED) is 0.797. The molecule has 0 aromatic heterocycles. The zero-order chi connectivity index (χ0) is 16.1. The third-order valence-electron chi connectivity index (χ3n) is 2.66. The van der Waals surface area contributed by atoms with E-state index in [1.54, 1.807) is 24.3 Å². The minimum Gasteiger partial charge on any atom is -0.326 e. The SMILES string of the molecule is CC(=O)Nc1ccc(NC(=O)Nc2c(F)cccc2Cl)cc1. The smallest absolute Gasteiger partial charge is 0.323 e. The molecule has 7 heteroatoms. The summed E-state index contributed by atoms with van der Waals surface area (Å²) >= 11 is 5.82. The van der Waals surface area contributed by atoms with Crippen LogP contribution in [0.3, 0.4) is 0 Å². The van der Waals surface area contributed by atoms with Crippen LogP contribution in [0.2, 0.25) is 5.02 Å². The van der Waals surface area contributed by atoms with Gasteiger partial charge in [-0.1, -0.05) is 17.7 Å². The highest BCUT2D eigenvalue weighted by atomic mass is 35.5. The Bertz CT molecular complexity index is 684. The lowest BCUT2D eigenvalue weighted by atomic mass is 10.2. The Hall–Kier alpha value is -2.60. The van der Waals surface area contributed by atoms with E-state index in [0.717, 1.165) is 0 Å². The van der Waals surface area contributed by atoms with Crippen LogP contribution < -0.4 is 16.0 Å². The number of rotatable bonds is 3. The molecule has 3 N–H and O–H groups in total. The number of carbonyl (C=O) groups is 2. The minimum atomic E-state index is -0.626. The molecule has 0 heterocycles. The Morgan fingerprint density at radius 2 is 1.55 bits per heavy atom. The van der Waals surface area contributed by atoms with Gasteiger partial charge in [-0.15, -0.1) is 0 Å². The summed E-state index contributed by atoms with van der Waals surface area (Å²) in [6.45, 7) is 1.40. The molecule has 0 saturated heterocycles. The number of anilines is 3. The number of benzene rings is 2. The average molecular weight is 322 g/mol. The van der Waals surface area contributed by atoms with Gasteiger partial charge in [0.2, 0.25) is 5.91 Å². The highest BCUT2D eigenvalue weighted by Crippen LogP contribution is 2.24. The van der Waals surface area contributed by atoms with Crippen LogP contribution in [0.15, 0.2) is 42.5 Å². The molecule has 0 bridgehead atoms. The van der Waals surface area contributed by atoms with Gasteiger partial charge in [-0.25, -0.2) is 9.18 Å². The predicted molar refractivity (Wildman–Crippen MR) is 84.8 cm³/mol. The molecular formula is C15H13ClFN3O2. The second-order valence-electron chi connectivity index (χ2n) is 4.43. The van der Waals surface area contributed by atoms with E-state index in [1.807, 2.05) is 0 Å². The summed E-state index contributed by atoms with van der Waals surface area (Å²) in [5, 5.41) is 7.60. The first-order valence-corrected chi connectivity index (χ1v) is 6.73. The van der Waals surface area contributed by atoms with E-state index in [1.165, 1.54) is 25.1 Å². The molecule has 5 nitrogen and oxygen atoms in total. The van der Waals surface area contributed by atoms with Gasteiger partial charge < -0.3 is 16.0 Å². The number of para-hydroxylation sites is 1. The summed E-state index contributed by atoms with van der Waals surface area (Å²) in [5.74, 6) is -0.809. The van der Waals surface area contributed by atoms with E-state index in [9.17, 15) is 14.0 Å². The summed E-state index contributed by atoms with van der Waals surface area (Å²) in [7, 11) is 0. The average Bonchev–Trinajstić information content (AvgIpc) is 2.45. The molecule has 0 atom stereocenters. The maximum Gasteiger partial charge on any atom is 0.323 e. The van der Waals surface area contributed by atoms with E-state index in [2.05, 4.69) is 16.0 Å². The van der Waals surface area contributed by atoms with Crippen LogP contribution in [0.25, 0.3) is 0 Å². The lowest BCUT2D eigenvalue weighted by Crippen LogP contribution is -2.20. The molecule has 0 saturated carbocycles. The first-order chi connectivity index (χ1) is 10.5. The summed E-state index contributed by atoms with van der Waals surface area (Å²) in [5.41, 5.74) is 1.01. The van der Waals surface area contributed by atoms with Crippen molar-refractivity contribution in [1.82, 2.24) is 0 Å². The number of nitrogens with one attached hydrogen (secondary N) is 3. The second kappa shape index (κ2) is 6.91. The van der Waals surface area contributed by atoms with Crippen molar-refractivity contribution in [2.24, 2.45) is 0 Å². The van der Waals surface area contributed by atoms with E-state index < -0.39 is 11.8 Å². The maximum atomic E-state index is 13.6. The van der Waals surface area contributed by atoms with Crippen LogP contribution in [0, 0.1) is 5.82 Å². The van der Waals surface area contributed by atoms with Crippen molar-refractivity contribution in [3.8, 4) is 0 Å². The first-order valence-electron chi connectivity index (χ1n) is 6.35. The lowest BCUT2D eigenvalue weighted by molar-refractivity contribution is -0.114. The van der Waals surface area contributed by atoms with Gasteiger partial charge >= 0.3 is 6.03 Å². The van der Waals surface area contributed by atoms with Crippen molar-refractivity contribution in [2.45, 2.75) is 6.92 Å². The number of carbonyl (C=O) groups excluding carboxylic acids is 2.